The van der Waals surface area contributed by atoms with Crippen molar-refractivity contribution in [3.8, 4) is 0 Å². The molecule has 1 N–H and O–H groups in total. The molecule has 1 saturated carbocycles. The number of nitrogens with one attached hydrogen (secondary N) is 1. The maximum atomic E-state index is 12.8. The number of aromatic nitrogens is 1. The van der Waals surface area contributed by atoms with Crippen LogP contribution in [0.1, 0.15) is 75.3 Å². The van der Waals surface area contributed by atoms with Crippen LogP contribution in [-0.4, -0.2) is 34.3 Å². The lowest BCUT2D eigenvalue weighted by molar-refractivity contribution is -0.134. The lowest BCUT2D eigenvalue weighted by atomic mass is 10.1. The van der Waals surface area contributed by atoms with Crippen molar-refractivity contribution in [2.45, 2.75) is 76.3 Å². The molecule has 1 aliphatic carbocycles. The number of carbonyl (C=O) groups excluding carboxylic acids is 2. The minimum absolute atomic E-state index is 0.0241. The third kappa shape index (κ3) is 4.54. The maximum Gasteiger partial charge on any atom is 0.223 e. The largest absolute Gasteiger partial charge is 0.353 e. The maximum absolute atomic E-state index is 12.8. The topological polar surface area (TPSA) is 62.3 Å². The van der Waals surface area contributed by atoms with Crippen LogP contribution in [0, 0.1) is 0 Å². The Morgan fingerprint density at radius 3 is 2.61 bits per heavy atom. The van der Waals surface area contributed by atoms with Gasteiger partial charge in [-0.2, -0.15) is 0 Å². The first-order chi connectivity index (χ1) is 13.7. The Kier molecular flexibility index (Phi) is 6.25. The zero-order valence-electron chi connectivity index (χ0n) is 16.4. The van der Waals surface area contributed by atoms with Gasteiger partial charge in [-0.25, -0.2) is 4.98 Å². The first-order valence-electron chi connectivity index (χ1n) is 10.6. The minimum Gasteiger partial charge on any atom is -0.353 e. The molecule has 1 aromatic carbocycles. The van der Waals surface area contributed by atoms with Crippen LogP contribution in [-0.2, 0) is 9.59 Å². The van der Waals surface area contributed by atoms with Crippen LogP contribution < -0.4 is 5.32 Å². The Balaban J connectivity index is 1.32. The Morgan fingerprint density at radius 1 is 1.04 bits per heavy atom. The van der Waals surface area contributed by atoms with Crippen molar-refractivity contribution in [3.05, 3.63) is 29.3 Å². The second-order valence-corrected chi connectivity index (χ2v) is 9.08. The highest BCUT2D eigenvalue weighted by atomic mass is 32.1. The molecule has 2 aromatic rings. The number of fused-ring (bicyclic) bond motifs is 1. The van der Waals surface area contributed by atoms with Gasteiger partial charge in [-0.1, -0.05) is 37.8 Å². The highest BCUT2D eigenvalue weighted by Gasteiger charge is 2.32. The number of rotatable bonds is 5. The molecule has 1 saturated heterocycles. The van der Waals surface area contributed by atoms with Crippen LogP contribution in [0.5, 0.6) is 0 Å². The molecule has 6 heteroatoms. The Labute approximate surface area is 170 Å². The van der Waals surface area contributed by atoms with Crippen molar-refractivity contribution < 1.29 is 9.59 Å². The van der Waals surface area contributed by atoms with Crippen molar-refractivity contribution in [1.82, 2.24) is 15.2 Å². The molecule has 2 aliphatic rings. The van der Waals surface area contributed by atoms with E-state index in [0.29, 0.717) is 18.9 Å². The lowest BCUT2D eigenvalue weighted by Crippen LogP contribution is -2.36. The zero-order chi connectivity index (χ0) is 19.3. The lowest BCUT2D eigenvalue weighted by Gasteiger charge is -2.23. The summed E-state index contributed by atoms with van der Waals surface area (Å²) in [5.74, 6) is 0.105. The molecule has 2 fully saturated rings. The molecule has 2 amide bonds. The molecule has 1 aliphatic heterocycles. The molecule has 1 atom stereocenters. The second kappa shape index (κ2) is 9.03. The van der Waals surface area contributed by atoms with Crippen LogP contribution in [0.25, 0.3) is 10.2 Å². The standard InChI is InChI=1S/C22H29N3O2S/c26-20(23-16-8-3-1-2-4-9-16)13-14-21(27)25-15-7-11-18(25)22-24-17-10-5-6-12-19(17)28-22/h5-6,10,12,16,18H,1-4,7-9,11,13-15H2,(H,23,26)/t18-/m0/s1. The van der Waals surface area contributed by atoms with Crippen LogP contribution in [0.3, 0.4) is 0 Å². The third-order valence-corrected chi connectivity index (χ3v) is 7.09. The molecule has 5 nitrogen and oxygen atoms in total. The smallest absolute Gasteiger partial charge is 0.223 e. The molecule has 0 unspecified atom stereocenters. The van der Waals surface area contributed by atoms with Gasteiger partial charge in [-0.05, 0) is 37.8 Å². The number of likely N-dealkylation sites (tertiary alicyclic amines) is 1. The van der Waals surface area contributed by atoms with Crippen LogP contribution >= 0.6 is 11.3 Å². The van der Waals surface area contributed by atoms with Gasteiger partial charge < -0.3 is 10.2 Å². The molecule has 0 radical (unpaired) electrons. The monoisotopic (exact) mass is 399 g/mol. The number of nitrogens with zero attached hydrogens (tertiary/aromatic N) is 2. The van der Waals surface area contributed by atoms with Gasteiger partial charge >= 0.3 is 0 Å². The number of para-hydroxylation sites is 1. The van der Waals surface area contributed by atoms with E-state index >= 15 is 0 Å². The van der Waals surface area contributed by atoms with E-state index in [0.717, 1.165) is 42.8 Å². The number of hydrogen-bond acceptors (Lipinski definition) is 4. The fraction of sp³-hybridized carbons (Fsp3) is 0.591. The second-order valence-electron chi connectivity index (χ2n) is 8.02. The van der Waals surface area contributed by atoms with E-state index < -0.39 is 0 Å². The van der Waals surface area contributed by atoms with E-state index in [1.165, 1.54) is 30.4 Å². The predicted molar refractivity (Wildman–Crippen MR) is 112 cm³/mol. The summed E-state index contributed by atoms with van der Waals surface area (Å²) in [6, 6.07) is 8.48. The quantitative estimate of drug-likeness (QED) is 0.749. The Hall–Kier alpha value is -1.95. The molecular weight excluding hydrogens is 370 g/mol. The summed E-state index contributed by atoms with van der Waals surface area (Å²) in [7, 11) is 0. The molecule has 0 spiro atoms. The van der Waals surface area contributed by atoms with Gasteiger partial charge in [0.15, 0.2) is 0 Å². The van der Waals surface area contributed by atoms with E-state index in [-0.39, 0.29) is 17.9 Å². The van der Waals surface area contributed by atoms with E-state index in [1.54, 1.807) is 11.3 Å². The molecule has 4 rings (SSSR count). The number of thiazole rings is 1. The van der Waals surface area contributed by atoms with E-state index in [9.17, 15) is 9.59 Å². The molecule has 0 bridgehead atoms. The number of hydrogen-bond donors (Lipinski definition) is 1. The number of benzene rings is 1. The van der Waals surface area contributed by atoms with Crippen LogP contribution in [0.15, 0.2) is 24.3 Å². The number of carbonyl (C=O) groups is 2. The van der Waals surface area contributed by atoms with Gasteiger partial charge in [0.05, 0.1) is 16.3 Å². The summed E-state index contributed by atoms with van der Waals surface area (Å²) in [6.07, 6.45) is 9.62. The summed E-state index contributed by atoms with van der Waals surface area (Å²) in [5, 5.41) is 4.17. The van der Waals surface area contributed by atoms with Crippen LogP contribution in [0.2, 0.25) is 0 Å². The summed E-state index contributed by atoms with van der Waals surface area (Å²) >= 11 is 1.68. The van der Waals surface area contributed by atoms with Gasteiger partial charge in [-0.15, -0.1) is 11.3 Å². The molecule has 150 valence electrons. The summed E-state index contributed by atoms with van der Waals surface area (Å²) in [5.41, 5.74) is 1.00. The van der Waals surface area contributed by atoms with Gasteiger partial charge in [-0.3, -0.25) is 9.59 Å². The van der Waals surface area contributed by atoms with Crippen molar-refractivity contribution in [2.24, 2.45) is 0 Å². The van der Waals surface area contributed by atoms with Crippen molar-refractivity contribution in [1.29, 1.82) is 0 Å². The molecular formula is C22H29N3O2S. The first kappa shape index (κ1) is 19.4. The summed E-state index contributed by atoms with van der Waals surface area (Å²) in [4.78, 5) is 31.8. The third-order valence-electron chi connectivity index (χ3n) is 5.95. The van der Waals surface area contributed by atoms with Crippen molar-refractivity contribution in [2.75, 3.05) is 6.54 Å². The molecule has 28 heavy (non-hydrogen) atoms. The Morgan fingerprint density at radius 2 is 1.82 bits per heavy atom. The van der Waals surface area contributed by atoms with E-state index in [2.05, 4.69) is 11.4 Å². The SMILES string of the molecule is O=C(CCC(=O)N1CCC[C@H]1c1nc2ccccc2s1)NC1CCCCCC1. The Bertz CT molecular complexity index is 793. The fourth-order valence-electron chi connectivity index (χ4n) is 4.44. The van der Waals surface area contributed by atoms with Gasteiger partial charge in [0.25, 0.3) is 0 Å². The fourth-order valence-corrected chi connectivity index (χ4v) is 5.56. The van der Waals surface area contributed by atoms with Gasteiger partial charge in [0.1, 0.15) is 5.01 Å². The van der Waals surface area contributed by atoms with Crippen molar-refractivity contribution in [3.63, 3.8) is 0 Å². The average Bonchev–Trinajstić information content (AvgIpc) is 3.28. The highest BCUT2D eigenvalue weighted by molar-refractivity contribution is 7.18. The van der Waals surface area contributed by atoms with Gasteiger partial charge in [0, 0.05) is 25.4 Å². The predicted octanol–water partition coefficient (Wildman–Crippen LogP) is 4.58. The summed E-state index contributed by atoms with van der Waals surface area (Å²) < 4.78 is 1.17. The zero-order valence-corrected chi connectivity index (χ0v) is 17.2. The first-order valence-corrected chi connectivity index (χ1v) is 11.5. The summed E-state index contributed by atoms with van der Waals surface area (Å²) in [6.45, 7) is 0.768. The molecule has 2 heterocycles. The minimum atomic E-state index is 0.0241. The molecule has 1 aromatic heterocycles. The normalized spacial score (nSPS) is 21.0. The number of amides is 2. The van der Waals surface area contributed by atoms with Crippen LogP contribution in [0.4, 0.5) is 0 Å². The van der Waals surface area contributed by atoms with Gasteiger partial charge in [0.2, 0.25) is 11.8 Å². The van der Waals surface area contributed by atoms with E-state index in [1.807, 2.05) is 23.1 Å². The van der Waals surface area contributed by atoms with Crippen molar-refractivity contribution >= 4 is 33.4 Å². The highest BCUT2D eigenvalue weighted by Crippen LogP contribution is 2.36. The van der Waals surface area contributed by atoms with E-state index in [4.69, 9.17) is 4.98 Å². The average molecular weight is 400 g/mol.